The second-order valence-electron chi connectivity index (χ2n) is 6.42. The molecule has 0 unspecified atom stereocenters. The molecule has 2 aliphatic heterocycles. The lowest BCUT2D eigenvalue weighted by Crippen LogP contribution is -2.38. The minimum Gasteiger partial charge on any atom is -0.476 e. The van der Waals surface area contributed by atoms with E-state index in [9.17, 15) is 0 Å². The van der Waals surface area contributed by atoms with Crippen molar-refractivity contribution < 1.29 is 14.2 Å². The zero-order valence-electron chi connectivity index (χ0n) is 13.5. The molecule has 0 atom stereocenters. The molecule has 6 nitrogen and oxygen atoms in total. The zero-order chi connectivity index (χ0) is 15.7. The normalized spacial score (nSPS) is 23.0. The number of hydrogen-bond acceptors (Lipinski definition) is 7. The molecule has 2 fully saturated rings. The molecular formula is C16H23N3O3S. The molecule has 7 heteroatoms. The van der Waals surface area contributed by atoms with Crippen LogP contribution in [0, 0.1) is 6.92 Å². The first-order valence-corrected chi connectivity index (χ1v) is 9.09. The summed E-state index contributed by atoms with van der Waals surface area (Å²) in [5, 5.41) is 0. The second-order valence-corrected chi connectivity index (χ2v) is 7.36. The minimum atomic E-state index is -0.0361. The average Bonchev–Trinajstić information content (AvgIpc) is 3.34. The van der Waals surface area contributed by atoms with Crippen molar-refractivity contribution in [3.8, 4) is 11.8 Å². The molecule has 0 radical (unpaired) electrons. The Balaban J connectivity index is 1.41. The molecule has 0 amide bonds. The maximum atomic E-state index is 6.15. The second kappa shape index (κ2) is 6.47. The van der Waals surface area contributed by atoms with Gasteiger partial charge in [-0.15, -0.1) is 0 Å². The van der Waals surface area contributed by atoms with E-state index in [-0.39, 0.29) is 5.60 Å². The first-order valence-electron chi connectivity index (χ1n) is 8.27. The summed E-state index contributed by atoms with van der Waals surface area (Å²) in [5.41, 5.74) is 1.02. The summed E-state index contributed by atoms with van der Waals surface area (Å²) in [7, 11) is 0. The maximum absolute atomic E-state index is 6.15. The Morgan fingerprint density at radius 2 is 2.22 bits per heavy atom. The standard InChI is InChI=1S/C16H23N3O3S/c1-12-10-13-15(22-16(2-3-16)11-17-23-13)18-14(12)21-9-6-19-4-7-20-8-5-19/h10,17H,2-9,11H2,1H3. The van der Waals surface area contributed by atoms with Gasteiger partial charge in [-0.1, -0.05) is 0 Å². The molecule has 1 saturated heterocycles. The van der Waals surface area contributed by atoms with Crippen LogP contribution < -0.4 is 14.2 Å². The molecule has 0 aromatic carbocycles. The predicted molar refractivity (Wildman–Crippen MR) is 88.2 cm³/mol. The molecule has 126 valence electrons. The smallest absolute Gasteiger partial charge is 0.232 e. The Morgan fingerprint density at radius 3 is 3.00 bits per heavy atom. The van der Waals surface area contributed by atoms with Crippen LogP contribution in [0.3, 0.4) is 0 Å². The van der Waals surface area contributed by atoms with Crippen LogP contribution in [-0.2, 0) is 4.74 Å². The molecule has 1 aliphatic carbocycles. The number of hydrogen-bond donors (Lipinski definition) is 1. The van der Waals surface area contributed by atoms with E-state index in [1.165, 1.54) is 0 Å². The highest BCUT2D eigenvalue weighted by Crippen LogP contribution is 2.45. The first kappa shape index (κ1) is 15.5. The Kier molecular flexibility index (Phi) is 4.36. The third kappa shape index (κ3) is 3.57. The van der Waals surface area contributed by atoms with E-state index in [1.807, 2.05) is 6.92 Å². The van der Waals surface area contributed by atoms with Crippen molar-refractivity contribution in [1.82, 2.24) is 14.6 Å². The fraction of sp³-hybridized carbons (Fsp3) is 0.688. The Hall–Kier alpha value is -1.02. The van der Waals surface area contributed by atoms with Gasteiger partial charge >= 0.3 is 0 Å². The van der Waals surface area contributed by atoms with Gasteiger partial charge in [-0.2, -0.15) is 4.98 Å². The zero-order valence-corrected chi connectivity index (χ0v) is 14.3. The third-order valence-electron chi connectivity index (χ3n) is 4.55. The van der Waals surface area contributed by atoms with Gasteiger partial charge in [0.25, 0.3) is 0 Å². The van der Waals surface area contributed by atoms with E-state index in [0.29, 0.717) is 18.4 Å². The molecule has 1 N–H and O–H groups in total. The van der Waals surface area contributed by atoms with Crippen molar-refractivity contribution in [2.75, 3.05) is 46.0 Å². The van der Waals surface area contributed by atoms with Crippen LogP contribution >= 0.6 is 11.9 Å². The average molecular weight is 337 g/mol. The van der Waals surface area contributed by atoms with Crippen LogP contribution in [0.4, 0.5) is 0 Å². The minimum absolute atomic E-state index is 0.0361. The number of fused-ring (bicyclic) bond motifs is 1. The van der Waals surface area contributed by atoms with Crippen LogP contribution in [-0.4, -0.2) is 61.5 Å². The molecule has 1 saturated carbocycles. The summed E-state index contributed by atoms with van der Waals surface area (Å²) in [6.45, 7) is 8.05. The molecule has 23 heavy (non-hydrogen) atoms. The Bertz CT molecular complexity index is 574. The SMILES string of the molecule is Cc1cc2c(nc1OCCN1CCOCC1)OC1(CC1)CNS2. The van der Waals surface area contributed by atoms with Gasteiger partial charge < -0.3 is 14.2 Å². The number of aryl methyl sites for hydroxylation is 1. The molecule has 1 aromatic heterocycles. The molecule has 3 aliphatic rings. The molecule has 1 aromatic rings. The number of morpholine rings is 1. The lowest BCUT2D eigenvalue weighted by Gasteiger charge is -2.26. The van der Waals surface area contributed by atoms with Crippen LogP contribution in [0.2, 0.25) is 0 Å². The highest BCUT2D eigenvalue weighted by Gasteiger charge is 2.47. The van der Waals surface area contributed by atoms with Crippen molar-refractivity contribution in [3.05, 3.63) is 11.6 Å². The highest BCUT2D eigenvalue weighted by atomic mass is 32.2. The molecule has 4 rings (SSSR count). The Labute approximate surface area is 141 Å². The van der Waals surface area contributed by atoms with Crippen LogP contribution in [0.15, 0.2) is 11.0 Å². The molecule has 1 spiro atoms. The largest absolute Gasteiger partial charge is 0.476 e. The lowest BCUT2D eigenvalue weighted by molar-refractivity contribution is 0.0319. The summed E-state index contributed by atoms with van der Waals surface area (Å²) in [4.78, 5) is 8.05. The number of aromatic nitrogens is 1. The van der Waals surface area contributed by atoms with Crippen LogP contribution in [0.25, 0.3) is 0 Å². The van der Waals surface area contributed by atoms with Gasteiger partial charge in [0.1, 0.15) is 12.2 Å². The number of nitrogens with zero attached hydrogens (tertiary/aromatic N) is 2. The monoisotopic (exact) mass is 337 g/mol. The van der Waals surface area contributed by atoms with Gasteiger partial charge in [0.2, 0.25) is 11.8 Å². The van der Waals surface area contributed by atoms with Gasteiger partial charge in [0.05, 0.1) is 18.1 Å². The molecule has 3 heterocycles. The van der Waals surface area contributed by atoms with E-state index in [4.69, 9.17) is 14.2 Å². The summed E-state index contributed by atoms with van der Waals surface area (Å²) < 4.78 is 20.8. The number of pyridine rings is 1. The van der Waals surface area contributed by atoms with Crippen molar-refractivity contribution >= 4 is 11.9 Å². The maximum Gasteiger partial charge on any atom is 0.232 e. The van der Waals surface area contributed by atoms with E-state index < -0.39 is 0 Å². The number of ether oxygens (including phenoxy) is 3. The quantitative estimate of drug-likeness (QED) is 0.838. The van der Waals surface area contributed by atoms with E-state index in [1.54, 1.807) is 11.9 Å². The van der Waals surface area contributed by atoms with Gasteiger partial charge in [-0.3, -0.25) is 9.62 Å². The summed E-state index contributed by atoms with van der Waals surface area (Å²) >= 11 is 1.61. The third-order valence-corrected chi connectivity index (χ3v) is 5.35. The highest BCUT2D eigenvalue weighted by molar-refractivity contribution is 7.97. The van der Waals surface area contributed by atoms with Gasteiger partial charge in [0, 0.05) is 31.7 Å². The Morgan fingerprint density at radius 1 is 1.39 bits per heavy atom. The van der Waals surface area contributed by atoms with Crippen molar-refractivity contribution in [3.63, 3.8) is 0 Å². The van der Waals surface area contributed by atoms with Crippen molar-refractivity contribution in [2.45, 2.75) is 30.3 Å². The fourth-order valence-electron chi connectivity index (χ4n) is 2.85. The van der Waals surface area contributed by atoms with E-state index >= 15 is 0 Å². The van der Waals surface area contributed by atoms with Crippen molar-refractivity contribution in [2.24, 2.45) is 0 Å². The summed E-state index contributed by atoms with van der Waals surface area (Å²) in [6.07, 6.45) is 2.20. The van der Waals surface area contributed by atoms with E-state index in [2.05, 4.69) is 20.7 Å². The topological polar surface area (TPSA) is 55.9 Å². The van der Waals surface area contributed by atoms with Crippen LogP contribution in [0.1, 0.15) is 18.4 Å². The summed E-state index contributed by atoms with van der Waals surface area (Å²) in [5.74, 6) is 1.40. The van der Waals surface area contributed by atoms with Gasteiger partial charge in [0.15, 0.2) is 0 Å². The molecular weight excluding hydrogens is 314 g/mol. The fourth-order valence-corrected chi connectivity index (χ4v) is 3.75. The first-order chi connectivity index (χ1) is 11.2. The lowest BCUT2D eigenvalue weighted by atomic mass is 10.3. The van der Waals surface area contributed by atoms with Crippen molar-refractivity contribution in [1.29, 1.82) is 0 Å². The predicted octanol–water partition coefficient (Wildman–Crippen LogP) is 1.62. The summed E-state index contributed by atoms with van der Waals surface area (Å²) in [6, 6.07) is 2.10. The van der Waals surface area contributed by atoms with E-state index in [0.717, 1.165) is 62.7 Å². The molecule has 0 bridgehead atoms. The van der Waals surface area contributed by atoms with Gasteiger partial charge in [-0.25, -0.2) is 0 Å². The van der Waals surface area contributed by atoms with Gasteiger partial charge in [-0.05, 0) is 37.8 Å². The number of nitrogens with one attached hydrogen (secondary N) is 1. The number of rotatable bonds is 4. The van der Waals surface area contributed by atoms with Crippen LogP contribution in [0.5, 0.6) is 11.8 Å².